The number of carbonyl (C=O) groups is 1. The molecule has 0 saturated heterocycles. The molecule has 1 rings (SSSR count). The summed E-state index contributed by atoms with van der Waals surface area (Å²) in [5.74, 6) is 0.678. The molecular weight excluding hydrogens is 168 g/mol. The molecule has 1 aromatic heterocycles. The lowest BCUT2D eigenvalue weighted by atomic mass is 10.3. The first-order chi connectivity index (χ1) is 5.16. The van der Waals surface area contributed by atoms with E-state index in [0.29, 0.717) is 11.3 Å². The normalized spacial score (nSPS) is 9.73. The van der Waals surface area contributed by atoms with Crippen LogP contribution in [-0.2, 0) is 0 Å². The zero-order valence-corrected chi connectivity index (χ0v) is 6.94. The molecule has 0 aromatic carbocycles. The number of halogens is 1. The van der Waals surface area contributed by atoms with E-state index in [4.69, 9.17) is 20.8 Å². The van der Waals surface area contributed by atoms with Crippen molar-refractivity contribution in [2.75, 3.05) is 7.11 Å². The van der Waals surface area contributed by atoms with E-state index in [2.05, 4.69) is 0 Å². The Kier molecular flexibility index (Phi) is 2.19. The van der Waals surface area contributed by atoms with Gasteiger partial charge in [0.1, 0.15) is 6.26 Å². The largest absolute Gasteiger partial charge is 0.493 e. The van der Waals surface area contributed by atoms with Crippen LogP contribution in [0.3, 0.4) is 0 Å². The van der Waals surface area contributed by atoms with Crippen LogP contribution < -0.4 is 4.74 Å². The van der Waals surface area contributed by atoms with Gasteiger partial charge in [-0.3, -0.25) is 4.79 Å². The molecule has 0 aliphatic carbocycles. The number of carbonyl (C=O) groups excluding carboxylic acids is 1. The molecule has 0 N–H and O–H groups in total. The van der Waals surface area contributed by atoms with E-state index in [9.17, 15) is 4.79 Å². The van der Waals surface area contributed by atoms with Crippen molar-refractivity contribution < 1.29 is 13.9 Å². The highest BCUT2D eigenvalue weighted by Gasteiger charge is 2.14. The molecule has 0 fully saturated rings. The van der Waals surface area contributed by atoms with Crippen LogP contribution in [0.2, 0.25) is 0 Å². The van der Waals surface area contributed by atoms with Gasteiger partial charge in [0.2, 0.25) is 0 Å². The smallest absolute Gasteiger partial charge is 0.288 e. The van der Waals surface area contributed by atoms with Gasteiger partial charge in [-0.2, -0.15) is 0 Å². The van der Waals surface area contributed by atoms with Crippen LogP contribution in [-0.4, -0.2) is 12.4 Å². The second kappa shape index (κ2) is 2.96. The fourth-order valence-corrected chi connectivity index (χ4v) is 0.982. The van der Waals surface area contributed by atoms with E-state index < -0.39 is 5.24 Å². The summed E-state index contributed by atoms with van der Waals surface area (Å²) in [5, 5.41) is -0.606. The Bertz CT molecular complexity index is 277. The van der Waals surface area contributed by atoms with Crippen LogP contribution >= 0.6 is 11.6 Å². The molecule has 1 heterocycles. The number of furan rings is 1. The summed E-state index contributed by atoms with van der Waals surface area (Å²) >= 11 is 5.19. The molecule has 0 aliphatic heterocycles. The third-order valence-electron chi connectivity index (χ3n) is 1.39. The Morgan fingerprint density at radius 3 is 2.64 bits per heavy atom. The van der Waals surface area contributed by atoms with Gasteiger partial charge in [-0.15, -0.1) is 0 Å². The van der Waals surface area contributed by atoms with E-state index in [0.717, 1.165) is 0 Å². The number of hydrogen-bond acceptors (Lipinski definition) is 3. The van der Waals surface area contributed by atoms with E-state index in [1.165, 1.54) is 13.4 Å². The lowest BCUT2D eigenvalue weighted by Crippen LogP contribution is -1.89. The number of hydrogen-bond donors (Lipinski definition) is 0. The molecule has 1 aromatic rings. The van der Waals surface area contributed by atoms with Crippen LogP contribution in [0, 0.1) is 6.92 Å². The molecular formula is C7H7ClO3. The minimum absolute atomic E-state index is 0.142. The first-order valence-corrected chi connectivity index (χ1v) is 3.36. The van der Waals surface area contributed by atoms with Gasteiger partial charge in [0.25, 0.3) is 5.24 Å². The van der Waals surface area contributed by atoms with Gasteiger partial charge in [0.15, 0.2) is 11.5 Å². The summed E-state index contributed by atoms with van der Waals surface area (Å²) in [5.41, 5.74) is 0.632. The third-order valence-corrected chi connectivity index (χ3v) is 1.56. The standard InChI is InChI=1S/C7H7ClO3/c1-4-5(10-2)3-11-6(4)7(8)9/h3H,1-2H3. The van der Waals surface area contributed by atoms with Crippen molar-refractivity contribution in [1.29, 1.82) is 0 Å². The van der Waals surface area contributed by atoms with E-state index in [-0.39, 0.29) is 5.76 Å². The summed E-state index contributed by atoms with van der Waals surface area (Å²) in [6.07, 6.45) is 1.35. The summed E-state index contributed by atoms with van der Waals surface area (Å²) in [6, 6.07) is 0. The molecule has 3 nitrogen and oxygen atoms in total. The second-order valence-corrected chi connectivity index (χ2v) is 2.38. The van der Waals surface area contributed by atoms with Crippen molar-refractivity contribution in [2.45, 2.75) is 6.92 Å². The molecule has 0 spiro atoms. The van der Waals surface area contributed by atoms with E-state index in [1.54, 1.807) is 6.92 Å². The molecule has 0 radical (unpaired) electrons. The summed E-state index contributed by atoms with van der Waals surface area (Å²) < 4.78 is 9.71. The molecule has 0 atom stereocenters. The Balaban J connectivity index is 3.10. The minimum Gasteiger partial charge on any atom is -0.493 e. The van der Waals surface area contributed by atoms with Gasteiger partial charge in [0, 0.05) is 5.56 Å². The summed E-state index contributed by atoms with van der Waals surface area (Å²) in [6.45, 7) is 1.71. The molecule has 0 bridgehead atoms. The van der Waals surface area contributed by atoms with Crippen LogP contribution in [0.1, 0.15) is 16.1 Å². The van der Waals surface area contributed by atoms with Crippen LogP contribution in [0.5, 0.6) is 5.75 Å². The van der Waals surface area contributed by atoms with Crippen molar-refractivity contribution in [3.63, 3.8) is 0 Å². The maximum atomic E-state index is 10.6. The van der Waals surface area contributed by atoms with Crippen molar-refractivity contribution in [3.8, 4) is 5.75 Å². The zero-order valence-electron chi connectivity index (χ0n) is 6.18. The number of ether oxygens (including phenoxy) is 1. The predicted molar refractivity (Wildman–Crippen MR) is 40.2 cm³/mol. The molecule has 4 heteroatoms. The van der Waals surface area contributed by atoms with Crippen molar-refractivity contribution in [2.24, 2.45) is 0 Å². The van der Waals surface area contributed by atoms with Gasteiger partial charge in [-0.1, -0.05) is 0 Å². The van der Waals surface area contributed by atoms with Gasteiger partial charge < -0.3 is 9.15 Å². The Morgan fingerprint density at radius 2 is 2.36 bits per heavy atom. The Labute approximate surface area is 68.9 Å². The Morgan fingerprint density at radius 1 is 1.73 bits per heavy atom. The molecule has 11 heavy (non-hydrogen) atoms. The minimum atomic E-state index is -0.606. The van der Waals surface area contributed by atoms with Gasteiger partial charge >= 0.3 is 0 Å². The molecule has 0 amide bonds. The van der Waals surface area contributed by atoms with Gasteiger partial charge in [0.05, 0.1) is 7.11 Å². The van der Waals surface area contributed by atoms with Gasteiger partial charge in [-0.25, -0.2) is 0 Å². The monoisotopic (exact) mass is 174 g/mol. The molecule has 0 saturated carbocycles. The zero-order chi connectivity index (χ0) is 8.43. The molecule has 0 unspecified atom stereocenters. The third kappa shape index (κ3) is 1.38. The van der Waals surface area contributed by atoms with Crippen LogP contribution in [0.15, 0.2) is 10.7 Å². The first kappa shape index (κ1) is 8.14. The maximum Gasteiger partial charge on any atom is 0.288 e. The average Bonchev–Trinajstić information content (AvgIpc) is 2.30. The highest BCUT2D eigenvalue weighted by molar-refractivity contribution is 6.67. The summed E-state index contributed by atoms with van der Waals surface area (Å²) in [4.78, 5) is 10.6. The van der Waals surface area contributed by atoms with Crippen LogP contribution in [0.25, 0.3) is 0 Å². The quantitative estimate of drug-likeness (QED) is 0.644. The number of rotatable bonds is 2. The average molecular weight is 175 g/mol. The Hall–Kier alpha value is -0.960. The van der Waals surface area contributed by atoms with Crippen molar-refractivity contribution in [1.82, 2.24) is 0 Å². The second-order valence-electron chi connectivity index (χ2n) is 2.03. The maximum absolute atomic E-state index is 10.6. The van der Waals surface area contributed by atoms with E-state index >= 15 is 0 Å². The highest BCUT2D eigenvalue weighted by Crippen LogP contribution is 2.24. The fraction of sp³-hybridized carbons (Fsp3) is 0.286. The topological polar surface area (TPSA) is 39.4 Å². The van der Waals surface area contributed by atoms with Gasteiger partial charge in [-0.05, 0) is 18.5 Å². The van der Waals surface area contributed by atoms with Crippen molar-refractivity contribution in [3.05, 3.63) is 17.6 Å². The predicted octanol–water partition coefficient (Wildman–Crippen LogP) is 1.98. The lowest BCUT2D eigenvalue weighted by Gasteiger charge is -1.93. The highest BCUT2D eigenvalue weighted by atomic mass is 35.5. The SMILES string of the molecule is COc1coc(C(=O)Cl)c1C. The van der Waals surface area contributed by atoms with Crippen molar-refractivity contribution >= 4 is 16.8 Å². The van der Waals surface area contributed by atoms with Crippen LogP contribution in [0.4, 0.5) is 0 Å². The summed E-state index contributed by atoms with van der Waals surface area (Å²) in [7, 11) is 1.50. The molecule has 0 aliphatic rings. The number of methoxy groups -OCH3 is 1. The lowest BCUT2D eigenvalue weighted by molar-refractivity contribution is 0.105. The first-order valence-electron chi connectivity index (χ1n) is 2.98. The van der Waals surface area contributed by atoms with E-state index in [1.807, 2.05) is 0 Å². The molecule has 60 valence electrons. The fourth-order valence-electron chi connectivity index (χ4n) is 0.796.